The number of carboxylic acid groups (broad SMARTS) is 1. The summed E-state index contributed by atoms with van der Waals surface area (Å²) in [5.41, 5.74) is 0. The number of rotatable bonds is 8. The van der Waals surface area contributed by atoms with Crippen LogP contribution in [0.4, 0.5) is 0 Å². The minimum Gasteiger partial charge on any atom is -0.481 e. The van der Waals surface area contributed by atoms with E-state index in [1.165, 1.54) is 0 Å². The molecule has 16 heavy (non-hydrogen) atoms. The van der Waals surface area contributed by atoms with Gasteiger partial charge in [0.05, 0.1) is 0 Å². The van der Waals surface area contributed by atoms with Gasteiger partial charge in [-0.05, 0) is 32.6 Å². The summed E-state index contributed by atoms with van der Waals surface area (Å²) in [5.74, 6) is -0.855. The molecule has 0 amide bonds. The van der Waals surface area contributed by atoms with E-state index in [4.69, 9.17) is 5.11 Å². The summed E-state index contributed by atoms with van der Waals surface area (Å²) < 4.78 is 27.9. The first kappa shape index (κ1) is 13.4. The van der Waals surface area contributed by atoms with Crippen LogP contribution in [0.5, 0.6) is 0 Å². The second kappa shape index (κ2) is 5.60. The Balaban J connectivity index is 2.21. The van der Waals surface area contributed by atoms with Gasteiger partial charge in [0, 0.05) is 18.5 Å². The van der Waals surface area contributed by atoms with Gasteiger partial charge in [0.15, 0.2) is 0 Å². The van der Waals surface area contributed by atoms with E-state index in [-0.39, 0.29) is 18.5 Å². The predicted molar refractivity (Wildman–Crippen MR) is 59.2 cm³/mol. The van der Waals surface area contributed by atoms with E-state index in [9.17, 15) is 13.2 Å². The van der Waals surface area contributed by atoms with Crippen LogP contribution in [0.1, 0.15) is 39.0 Å². The Labute approximate surface area is 95.6 Å². The average molecular weight is 250 g/mol. The van der Waals surface area contributed by atoms with Gasteiger partial charge in [0.25, 0.3) is 10.2 Å². The van der Waals surface area contributed by atoms with Gasteiger partial charge < -0.3 is 5.11 Å². The van der Waals surface area contributed by atoms with E-state index in [0.717, 1.165) is 12.8 Å². The molecule has 0 heterocycles. The zero-order valence-corrected chi connectivity index (χ0v) is 10.1. The summed E-state index contributed by atoms with van der Waals surface area (Å²) in [6.07, 6.45) is 2.87. The van der Waals surface area contributed by atoms with E-state index in [0.29, 0.717) is 12.8 Å². The molecule has 0 spiro atoms. The zero-order chi connectivity index (χ0) is 12.2. The van der Waals surface area contributed by atoms with Gasteiger partial charge in [-0.25, -0.2) is 0 Å². The molecular weight excluding hydrogens is 232 g/mol. The largest absolute Gasteiger partial charge is 0.481 e. The van der Waals surface area contributed by atoms with Crippen molar-refractivity contribution in [2.45, 2.75) is 51.1 Å². The van der Waals surface area contributed by atoms with E-state index in [1.54, 1.807) is 6.92 Å². The highest BCUT2D eigenvalue weighted by Crippen LogP contribution is 2.19. The first-order valence-electron chi connectivity index (χ1n) is 5.40. The van der Waals surface area contributed by atoms with Crippen LogP contribution in [0, 0.1) is 0 Å². The van der Waals surface area contributed by atoms with Crippen molar-refractivity contribution < 1.29 is 18.3 Å². The summed E-state index contributed by atoms with van der Waals surface area (Å²) in [5, 5.41) is 8.44. The van der Waals surface area contributed by atoms with Crippen molar-refractivity contribution in [3.63, 3.8) is 0 Å². The van der Waals surface area contributed by atoms with E-state index in [1.807, 2.05) is 0 Å². The van der Waals surface area contributed by atoms with Gasteiger partial charge in [0.2, 0.25) is 0 Å². The van der Waals surface area contributed by atoms with Crippen LogP contribution in [0.15, 0.2) is 0 Å². The molecule has 1 unspecified atom stereocenters. The third-order valence-electron chi connectivity index (χ3n) is 2.28. The Morgan fingerprint density at radius 1 is 1.50 bits per heavy atom. The topological polar surface area (TPSA) is 95.5 Å². The highest BCUT2D eigenvalue weighted by atomic mass is 32.2. The van der Waals surface area contributed by atoms with Crippen LogP contribution in [-0.4, -0.2) is 31.6 Å². The van der Waals surface area contributed by atoms with Gasteiger partial charge >= 0.3 is 5.97 Å². The zero-order valence-electron chi connectivity index (χ0n) is 9.27. The lowest BCUT2D eigenvalue weighted by Crippen LogP contribution is -2.42. The summed E-state index contributed by atoms with van der Waals surface area (Å²) >= 11 is 0. The molecule has 0 saturated heterocycles. The van der Waals surface area contributed by atoms with E-state index in [2.05, 4.69) is 9.44 Å². The normalized spacial score (nSPS) is 18.3. The molecule has 1 aliphatic carbocycles. The second-order valence-corrected chi connectivity index (χ2v) is 5.68. The molecule has 0 aromatic carbocycles. The molecule has 0 radical (unpaired) electrons. The first-order chi connectivity index (χ1) is 7.39. The quantitative estimate of drug-likeness (QED) is 0.574. The fourth-order valence-corrected chi connectivity index (χ4v) is 2.73. The highest BCUT2D eigenvalue weighted by Gasteiger charge is 2.27. The van der Waals surface area contributed by atoms with Crippen LogP contribution in [0.2, 0.25) is 0 Å². The van der Waals surface area contributed by atoms with Gasteiger partial charge in [-0.15, -0.1) is 0 Å². The van der Waals surface area contributed by atoms with Crippen molar-refractivity contribution in [1.82, 2.24) is 9.44 Å². The number of hydrogen-bond acceptors (Lipinski definition) is 3. The lowest BCUT2D eigenvalue weighted by atomic mass is 10.1. The Hall–Kier alpha value is -0.660. The SMILES string of the molecule is CC(CCCC(=O)O)NS(=O)(=O)NC1CC1. The van der Waals surface area contributed by atoms with Crippen LogP contribution >= 0.6 is 0 Å². The maximum Gasteiger partial charge on any atom is 0.303 e. The average Bonchev–Trinajstić information content (AvgIpc) is 2.84. The first-order valence-corrected chi connectivity index (χ1v) is 6.89. The lowest BCUT2D eigenvalue weighted by Gasteiger charge is -2.13. The highest BCUT2D eigenvalue weighted by molar-refractivity contribution is 7.87. The van der Waals surface area contributed by atoms with Gasteiger partial charge in [0.1, 0.15) is 0 Å². The molecule has 1 fully saturated rings. The van der Waals surface area contributed by atoms with Crippen molar-refractivity contribution in [3.05, 3.63) is 0 Å². The molecule has 0 aromatic rings. The summed E-state index contributed by atoms with van der Waals surface area (Å²) in [6, 6.07) is -0.153. The van der Waals surface area contributed by atoms with Crippen molar-refractivity contribution in [1.29, 1.82) is 0 Å². The minimum absolute atomic E-state index is 0.0715. The van der Waals surface area contributed by atoms with Gasteiger partial charge in [-0.3, -0.25) is 4.79 Å². The Morgan fingerprint density at radius 3 is 2.62 bits per heavy atom. The number of carbonyl (C=O) groups is 1. The van der Waals surface area contributed by atoms with Crippen molar-refractivity contribution in [3.8, 4) is 0 Å². The molecular formula is C9H18N2O4S. The fraction of sp³-hybridized carbons (Fsp3) is 0.889. The van der Waals surface area contributed by atoms with Crippen LogP contribution in [-0.2, 0) is 15.0 Å². The van der Waals surface area contributed by atoms with Crippen molar-refractivity contribution in [2.24, 2.45) is 0 Å². The maximum atomic E-state index is 11.4. The standard InChI is InChI=1S/C9H18N2O4S/c1-7(3-2-4-9(12)13)10-16(14,15)11-8-5-6-8/h7-8,10-11H,2-6H2,1H3,(H,12,13). The number of nitrogens with one attached hydrogen (secondary N) is 2. The molecule has 6 nitrogen and oxygen atoms in total. The molecule has 0 aliphatic heterocycles. The number of hydrogen-bond donors (Lipinski definition) is 3. The predicted octanol–water partition coefficient (Wildman–Crippen LogP) is 0.216. The molecule has 0 bridgehead atoms. The Bertz CT molecular complexity index is 337. The molecule has 1 aliphatic rings. The van der Waals surface area contributed by atoms with E-state index >= 15 is 0 Å². The third-order valence-corrected chi connectivity index (χ3v) is 3.64. The van der Waals surface area contributed by atoms with Crippen LogP contribution in [0.3, 0.4) is 0 Å². The summed E-state index contributed by atoms with van der Waals surface area (Å²) in [6.45, 7) is 1.73. The van der Waals surface area contributed by atoms with Crippen LogP contribution in [0.25, 0.3) is 0 Å². The lowest BCUT2D eigenvalue weighted by molar-refractivity contribution is -0.137. The third kappa shape index (κ3) is 6.04. The summed E-state index contributed by atoms with van der Waals surface area (Å²) in [4.78, 5) is 10.3. The Morgan fingerprint density at radius 2 is 2.12 bits per heavy atom. The van der Waals surface area contributed by atoms with E-state index < -0.39 is 16.2 Å². The smallest absolute Gasteiger partial charge is 0.303 e. The monoisotopic (exact) mass is 250 g/mol. The number of carboxylic acids is 1. The van der Waals surface area contributed by atoms with Gasteiger partial charge in [-0.1, -0.05) is 0 Å². The summed E-state index contributed by atoms with van der Waals surface area (Å²) in [7, 11) is -3.42. The molecule has 1 rings (SSSR count). The Kier molecular flexibility index (Phi) is 4.69. The molecule has 1 atom stereocenters. The minimum atomic E-state index is -3.42. The van der Waals surface area contributed by atoms with Crippen molar-refractivity contribution in [2.75, 3.05) is 0 Å². The second-order valence-electron chi connectivity index (χ2n) is 4.20. The molecule has 3 N–H and O–H groups in total. The molecule has 94 valence electrons. The van der Waals surface area contributed by atoms with Crippen LogP contribution < -0.4 is 9.44 Å². The maximum absolute atomic E-state index is 11.4. The van der Waals surface area contributed by atoms with Gasteiger partial charge in [-0.2, -0.15) is 17.9 Å². The van der Waals surface area contributed by atoms with Crippen molar-refractivity contribution >= 4 is 16.2 Å². The number of aliphatic carboxylic acids is 1. The molecule has 7 heteroatoms. The molecule has 1 saturated carbocycles. The molecule has 0 aromatic heterocycles. The fourth-order valence-electron chi connectivity index (χ4n) is 1.34.